The van der Waals surface area contributed by atoms with Crippen LogP contribution < -0.4 is 5.73 Å². The lowest BCUT2D eigenvalue weighted by Crippen LogP contribution is -2.03. The molecule has 0 aliphatic carbocycles. The molecule has 0 amide bonds. The van der Waals surface area contributed by atoms with E-state index in [4.69, 9.17) is 10.8 Å². The Bertz CT molecular complexity index is 306. The third kappa shape index (κ3) is 3.20. The monoisotopic (exact) mass is 215 g/mol. The molecule has 0 saturated carbocycles. The number of rotatable bonds is 4. The van der Waals surface area contributed by atoms with E-state index in [2.05, 4.69) is 0 Å². The smallest absolute Gasteiger partial charge is 0.125 e. The molecule has 0 aliphatic heterocycles. The van der Waals surface area contributed by atoms with Gasteiger partial charge in [-0.1, -0.05) is 13.0 Å². The van der Waals surface area contributed by atoms with E-state index in [9.17, 15) is 4.39 Å². The number of nitrogens with two attached hydrogens (primary N) is 1. The number of aliphatic hydroxyl groups excluding tert-OH is 1. The summed E-state index contributed by atoms with van der Waals surface area (Å²) in [4.78, 5) is 0. The third-order valence-corrected chi connectivity index (χ3v) is 3.08. The van der Waals surface area contributed by atoms with Gasteiger partial charge >= 0.3 is 0 Å². The first-order chi connectivity index (χ1) is 6.63. The summed E-state index contributed by atoms with van der Waals surface area (Å²) >= 11 is 1.60. The van der Waals surface area contributed by atoms with Gasteiger partial charge in [-0.25, -0.2) is 4.39 Å². The maximum absolute atomic E-state index is 12.7. The molecule has 78 valence electrons. The van der Waals surface area contributed by atoms with Crippen molar-refractivity contribution in [1.82, 2.24) is 0 Å². The summed E-state index contributed by atoms with van der Waals surface area (Å²) < 4.78 is 12.7. The molecule has 14 heavy (non-hydrogen) atoms. The Morgan fingerprint density at radius 2 is 2.29 bits per heavy atom. The highest BCUT2D eigenvalue weighted by atomic mass is 32.2. The Balaban J connectivity index is 2.59. The maximum Gasteiger partial charge on any atom is 0.125 e. The van der Waals surface area contributed by atoms with Crippen molar-refractivity contribution >= 4 is 17.4 Å². The first-order valence-corrected chi connectivity index (χ1v) is 5.44. The van der Waals surface area contributed by atoms with Gasteiger partial charge in [0.15, 0.2) is 0 Å². The van der Waals surface area contributed by atoms with E-state index in [0.29, 0.717) is 11.4 Å². The van der Waals surface area contributed by atoms with Gasteiger partial charge in [-0.2, -0.15) is 11.8 Å². The Hall–Kier alpha value is -0.740. The fraction of sp³-hybridized carbons (Fsp3) is 0.400. The van der Waals surface area contributed by atoms with Crippen LogP contribution in [0.1, 0.15) is 12.5 Å². The highest BCUT2D eigenvalue weighted by Crippen LogP contribution is 2.22. The van der Waals surface area contributed by atoms with Crippen molar-refractivity contribution < 1.29 is 9.50 Å². The zero-order valence-corrected chi connectivity index (χ0v) is 8.85. The van der Waals surface area contributed by atoms with Gasteiger partial charge < -0.3 is 10.8 Å². The Kier molecular flexibility index (Phi) is 4.22. The van der Waals surface area contributed by atoms with E-state index >= 15 is 0 Å². The van der Waals surface area contributed by atoms with Crippen molar-refractivity contribution in [3.8, 4) is 0 Å². The molecule has 1 aromatic rings. The largest absolute Gasteiger partial charge is 0.398 e. The van der Waals surface area contributed by atoms with Gasteiger partial charge in [-0.15, -0.1) is 0 Å². The number of halogens is 1. The van der Waals surface area contributed by atoms with Crippen LogP contribution >= 0.6 is 11.8 Å². The third-order valence-electron chi connectivity index (χ3n) is 1.89. The molecule has 0 bridgehead atoms. The second-order valence-corrected chi connectivity index (χ2v) is 4.57. The molecule has 0 spiro atoms. The van der Waals surface area contributed by atoms with Crippen molar-refractivity contribution in [2.75, 3.05) is 12.3 Å². The summed E-state index contributed by atoms with van der Waals surface area (Å²) in [5.41, 5.74) is 7.02. The van der Waals surface area contributed by atoms with Gasteiger partial charge in [-0.05, 0) is 17.7 Å². The standard InChI is InChI=1S/C10H14FNOS/c1-7(5-13)14-6-8-2-3-9(11)4-10(8)12/h2-4,7,13H,5-6,12H2,1H3. The summed E-state index contributed by atoms with van der Waals surface area (Å²) in [6.07, 6.45) is 0. The summed E-state index contributed by atoms with van der Waals surface area (Å²) in [7, 11) is 0. The zero-order chi connectivity index (χ0) is 10.6. The highest BCUT2D eigenvalue weighted by Gasteiger charge is 2.04. The molecular weight excluding hydrogens is 201 g/mol. The molecule has 1 rings (SSSR count). The molecule has 0 fully saturated rings. The number of anilines is 1. The van der Waals surface area contributed by atoms with E-state index in [1.165, 1.54) is 12.1 Å². The number of benzene rings is 1. The Morgan fingerprint density at radius 1 is 1.57 bits per heavy atom. The molecule has 4 heteroatoms. The Morgan fingerprint density at radius 3 is 2.86 bits per heavy atom. The predicted octanol–water partition coefficient (Wildman–Crippen LogP) is 2.02. The van der Waals surface area contributed by atoms with Crippen LogP contribution in [0.15, 0.2) is 18.2 Å². The molecular formula is C10H14FNOS. The average Bonchev–Trinajstić information content (AvgIpc) is 2.16. The molecule has 1 unspecified atom stereocenters. The van der Waals surface area contributed by atoms with Crippen LogP contribution in [0.5, 0.6) is 0 Å². The fourth-order valence-electron chi connectivity index (χ4n) is 0.982. The number of aliphatic hydroxyl groups is 1. The molecule has 0 heterocycles. The van der Waals surface area contributed by atoms with Crippen LogP contribution in [0.25, 0.3) is 0 Å². The number of hydrogen-bond donors (Lipinski definition) is 2. The van der Waals surface area contributed by atoms with E-state index in [-0.39, 0.29) is 17.7 Å². The van der Waals surface area contributed by atoms with Gasteiger partial charge in [-0.3, -0.25) is 0 Å². The van der Waals surface area contributed by atoms with Gasteiger partial charge in [0.1, 0.15) is 5.82 Å². The van der Waals surface area contributed by atoms with E-state index in [1.807, 2.05) is 6.92 Å². The SMILES string of the molecule is CC(CO)SCc1ccc(F)cc1N. The minimum absolute atomic E-state index is 0.145. The van der Waals surface area contributed by atoms with Crippen molar-refractivity contribution in [3.05, 3.63) is 29.6 Å². The molecule has 0 radical (unpaired) electrons. The predicted molar refractivity (Wildman–Crippen MR) is 58.7 cm³/mol. The minimum Gasteiger partial charge on any atom is -0.398 e. The Labute approximate surface area is 87.3 Å². The average molecular weight is 215 g/mol. The highest BCUT2D eigenvalue weighted by molar-refractivity contribution is 7.99. The molecule has 2 nitrogen and oxygen atoms in total. The summed E-state index contributed by atoms with van der Waals surface area (Å²) in [6, 6.07) is 4.40. The topological polar surface area (TPSA) is 46.2 Å². The van der Waals surface area contributed by atoms with Crippen LogP contribution in [0.4, 0.5) is 10.1 Å². The lowest BCUT2D eigenvalue weighted by Gasteiger charge is -2.09. The van der Waals surface area contributed by atoms with Gasteiger partial charge in [0.25, 0.3) is 0 Å². The lowest BCUT2D eigenvalue weighted by atomic mass is 10.2. The summed E-state index contributed by atoms with van der Waals surface area (Å²) in [5.74, 6) is 0.389. The van der Waals surface area contributed by atoms with E-state index < -0.39 is 0 Å². The van der Waals surface area contributed by atoms with Gasteiger partial charge in [0.2, 0.25) is 0 Å². The van der Waals surface area contributed by atoms with Gasteiger partial charge in [0.05, 0.1) is 6.61 Å². The van der Waals surface area contributed by atoms with Crippen LogP contribution in [-0.2, 0) is 5.75 Å². The van der Waals surface area contributed by atoms with E-state index in [1.54, 1.807) is 17.8 Å². The molecule has 0 aromatic heterocycles. The fourth-order valence-corrected chi connectivity index (χ4v) is 1.81. The van der Waals surface area contributed by atoms with Crippen LogP contribution in [-0.4, -0.2) is 17.0 Å². The maximum atomic E-state index is 12.7. The lowest BCUT2D eigenvalue weighted by molar-refractivity contribution is 0.300. The van der Waals surface area contributed by atoms with Crippen molar-refractivity contribution in [3.63, 3.8) is 0 Å². The van der Waals surface area contributed by atoms with Crippen molar-refractivity contribution in [2.24, 2.45) is 0 Å². The van der Waals surface area contributed by atoms with Crippen LogP contribution in [0.3, 0.4) is 0 Å². The molecule has 1 atom stereocenters. The molecule has 0 saturated heterocycles. The van der Waals surface area contributed by atoms with Crippen LogP contribution in [0.2, 0.25) is 0 Å². The first-order valence-electron chi connectivity index (χ1n) is 4.40. The van der Waals surface area contributed by atoms with Crippen molar-refractivity contribution in [1.29, 1.82) is 0 Å². The number of nitrogen functional groups attached to an aromatic ring is 1. The van der Waals surface area contributed by atoms with Crippen molar-refractivity contribution in [2.45, 2.75) is 17.9 Å². The summed E-state index contributed by atoms with van der Waals surface area (Å²) in [5, 5.41) is 8.99. The minimum atomic E-state index is -0.313. The number of thioether (sulfide) groups is 1. The zero-order valence-electron chi connectivity index (χ0n) is 8.03. The van der Waals surface area contributed by atoms with E-state index in [0.717, 1.165) is 5.56 Å². The van der Waals surface area contributed by atoms with Gasteiger partial charge in [0, 0.05) is 16.7 Å². The second kappa shape index (κ2) is 5.22. The second-order valence-electron chi connectivity index (χ2n) is 3.15. The normalized spacial score (nSPS) is 12.8. The molecule has 3 N–H and O–H groups in total. The number of hydrogen-bond acceptors (Lipinski definition) is 3. The molecule has 1 aromatic carbocycles. The quantitative estimate of drug-likeness (QED) is 0.755. The summed E-state index contributed by atoms with van der Waals surface area (Å²) in [6.45, 7) is 2.08. The van der Waals surface area contributed by atoms with Crippen LogP contribution in [0, 0.1) is 5.82 Å². The molecule has 0 aliphatic rings. The first kappa shape index (κ1) is 11.3.